The Balaban J connectivity index is 1.60. The molecule has 45 heavy (non-hydrogen) atoms. The maximum Gasteiger partial charge on any atom is 0.416 e. The Morgan fingerprint density at radius 2 is 0.933 bits per heavy atom. The zero-order chi connectivity index (χ0) is 31.8. The topological polar surface area (TPSA) is 42.3 Å². The monoisotopic (exact) mass is 614 g/mol. The second kappa shape index (κ2) is 9.82. The maximum atomic E-state index is 13.4. The lowest BCUT2D eigenvalue weighted by Crippen LogP contribution is -2.24. The fourth-order valence-corrected chi connectivity index (χ4v) is 6.07. The van der Waals surface area contributed by atoms with Crippen LogP contribution in [0, 0.1) is 0 Å². The summed E-state index contributed by atoms with van der Waals surface area (Å²) in [6, 6.07) is 25.0. The normalized spacial score (nSPS) is 13.7. The van der Waals surface area contributed by atoms with Crippen LogP contribution in [0.3, 0.4) is 0 Å². The number of carbonyl (C=O) groups excluding carboxylic acids is 2. The third-order valence-electron chi connectivity index (χ3n) is 8.19. The number of fused-ring (bicyclic) bond motifs is 4. The van der Waals surface area contributed by atoms with Gasteiger partial charge in [0.15, 0.2) is 0 Å². The molecule has 0 radical (unpaired) electrons. The van der Waals surface area contributed by atoms with E-state index in [4.69, 9.17) is 0 Å². The zero-order valence-corrected chi connectivity index (χ0v) is 23.3. The molecular weight excluding hydrogens is 594 g/mol. The number of para-hydroxylation sites is 2. The van der Waals surface area contributed by atoms with Crippen molar-refractivity contribution in [1.29, 1.82) is 0 Å². The van der Waals surface area contributed by atoms with E-state index in [9.17, 15) is 35.9 Å². The van der Waals surface area contributed by atoms with Gasteiger partial charge in [0.2, 0.25) is 0 Å². The van der Waals surface area contributed by atoms with Gasteiger partial charge in [-0.2, -0.15) is 26.3 Å². The molecule has 1 aromatic heterocycles. The summed E-state index contributed by atoms with van der Waals surface area (Å²) < 4.78 is 82.1. The quantitative estimate of drug-likeness (QED) is 0.147. The number of carbonyl (C=O) groups is 2. The summed E-state index contributed by atoms with van der Waals surface area (Å²) in [5, 5.41) is 1.39. The van der Waals surface area contributed by atoms with Gasteiger partial charge in [0.1, 0.15) is 0 Å². The summed E-state index contributed by atoms with van der Waals surface area (Å²) in [6.45, 7) is 0. The smallest absolute Gasteiger partial charge is 0.307 e. The van der Waals surface area contributed by atoms with Gasteiger partial charge in [-0.15, -0.1) is 0 Å². The van der Waals surface area contributed by atoms with E-state index < -0.39 is 35.3 Å². The lowest BCUT2D eigenvalue weighted by molar-refractivity contribution is -0.138. The fourth-order valence-electron chi connectivity index (χ4n) is 6.07. The van der Waals surface area contributed by atoms with Crippen LogP contribution in [0.5, 0.6) is 0 Å². The van der Waals surface area contributed by atoms with Crippen LogP contribution < -0.4 is 0 Å². The molecule has 5 aromatic carbocycles. The molecule has 0 fully saturated rings. The van der Waals surface area contributed by atoms with Crippen LogP contribution in [-0.2, 0) is 12.4 Å². The summed E-state index contributed by atoms with van der Waals surface area (Å²) in [5.41, 5.74) is 2.23. The summed E-state index contributed by atoms with van der Waals surface area (Å²) >= 11 is 0. The molecule has 0 saturated carbocycles. The van der Waals surface area contributed by atoms with Crippen LogP contribution in [-0.4, -0.2) is 28.3 Å². The highest BCUT2D eigenvalue weighted by Crippen LogP contribution is 2.44. The molecule has 2 amide bonds. The predicted molar refractivity (Wildman–Crippen MR) is 158 cm³/mol. The number of imide groups is 1. The SMILES string of the molecule is CN1C(=O)c2cccc(-n3c4c(-c5ccc(C(F)(F)F)cc5)cccc4c4cccc(-c5ccc(C(F)(F)F)cc5)c43)c2C1=O. The first-order valence-electron chi connectivity index (χ1n) is 13.7. The minimum atomic E-state index is -4.53. The lowest BCUT2D eigenvalue weighted by Gasteiger charge is -2.16. The molecule has 10 heteroatoms. The van der Waals surface area contributed by atoms with E-state index in [1.54, 1.807) is 47.0 Å². The standard InChI is InChI=1S/C35H20F6N2O2/c1-42-32(44)27-9-4-10-28(29(27)33(42)45)43-30-23(19-11-15-21(16-12-19)34(36,37)38)5-2-7-25(30)26-8-3-6-24(31(26)43)20-13-17-22(18-14-20)35(39,40)41/h2-18H,1H3. The molecular formula is C35H20F6N2O2. The van der Waals surface area contributed by atoms with Crippen LogP contribution in [0.15, 0.2) is 103 Å². The number of aromatic nitrogens is 1. The highest BCUT2D eigenvalue weighted by molar-refractivity contribution is 6.24. The van der Waals surface area contributed by atoms with E-state index in [0.717, 1.165) is 29.2 Å². The minimum absolute atomic E-state index is 0.147. The van der Waals surface area contributed by atoms with Crippen molar-refractivity contribution < 1.29 is 35.9 Å². The van der Waals surface area contributed by atoms with Crippen LogP contribution >= 0.6 is 0 Å². The fraction of sp³-hybridized carbons (Fsp3) is 0.0857. The van der Waals surface area contributed by atoms with Gasteiger partial charge in [-0.1, -0.05) is 66.7 Å². The van der Waals surface area contributed by atoms with Gasteiger partial charge in [-0.3, -0.25) is 14.5 Å². The maximum absolute atomic E-state index is 13.4. The lowest BCUT2D eigenvalue weighted by atomic mass is 9.99. The van der Waals surface area contributed by atoms with Crippen molar-refractivity contribution in [3.63, 3.8) is 0 Å². The molecule has 1 aliphatic rings. The second-order valence-electron chi connectivity index (χ2n) is 10.8. The first kappa shape index (κ1) is 28.4. The van der Waals surface area contributed by atoms with Crippen molar-refractivity contribution in [3.05, 3.63) is 125 Å². The highest BCUT2D eigenvalue weighted by atomic mass is 19.4. The number of rotatable bonds is 3. The number of halogens is 6. The summed E-state index contributed by atoms with van der Waals surface area (Å²) in [4.78, 5) is 27.4. The predicted octanol–water partition coefficient (Wildman–Crippen LogP) is 9.38. The summed E-state index contributed by atoms with van der Waals surface area (Å²) in [5.74, 6) is -1.01. The molecule has 0 unspecified atom stereocenters. The number of hydrogen-bond acceptors (Lipinski definition) is 2. The van der Waals surface area contributed by atoms with Crippen molar-refractivity contribution in [2.24, 2.45) is 0 Å². The second-order valence-corrected chi connectivity index (χ2v) is 10.8. The van der Waals surface area contributed by atoms with Crippen LogP contribution in [0.25, 0.3) is 49.7 Å². The molecule has 0 N–H and O–H groups in total. The molecule has 0 atom stereocenters. The van der Waals surface area contributed by atoms with Gasteiger partial charge < -0.3 is 4.57 Å². The Morgan fingerprint density at radius 3 is 1.38 bits per heavy atom. The van der Waals surface area contributed by atoms with E-state index in [1.165, 1.54) is 31.3 Å². The number of amides is 2. The molecule has 0 bridgehead atoms. The van der Waals surface area contributed by atoms with Gasteiger partial charge in [0, 0.05) is 28.9 Å². The van der Waals surface area contributed by atoms with Crippen molar-refractivity contribution in [1.82, 2.24) is 9.47 Å². The van der Waals surface area contributed by atoms with Crippen molar-refractivity contribution in [2.75, 3.05) is 7.05 Å². The Morgan fingerprint density at radius 1 is 0.511 bits per heavy atom. The van der Waals surface area contributed by atoms with Crippen molar-refractivity contribution >= 4 is 33.6 Å². The van der Waals surface area contributed by atoms with E-state index >= 15 is 0 Å². The van der Waals surface area contributed by atoms with Crippen molar-refractivity contribution in [3.8, 4) is 27.9 Å². The van der Waals surface area contributed by atoms with Gasteiger partial charge in [-0.05, 0) is 47.5 Å². The number of alkyl halides is 6. The minimum Gasteiger partial charge on any atom is -0.307 e. The number of nitrogens with zero attached hydrogens (tertiary/aromatic N) is 2. The average Bonchev–Trinajstić information content (AvgIpc) is 3.48. The summed E-state index contributed by atoms with van der Waals surface area (Å²) in [6.07, 6.45) is -9.06. The highest BCUT2D eigenvalue weighted by Gasteiger charge is 2.37. The average molecular weight is 615 g/mol. The number of hydrogen-bond donors (Lipinski definition) is 0. The molecule has 4 nitrogen and oxygen atoms in total. The van der Waals surface area contributed by atoms with Crippen LogP contribution in [0.1, 0.15) is 31.8 Å². The van der Waals surface area contributed by atoms with Gasteiger partial charge >= 0.3 is 12.4 Å². The van der Waals surface area contributed by atoms with E-state index in [2.05, 4.69) is 0 Å². The largest absolute Gasteiger partial charge is 0.416 e. The molecule has 0 saturated heterocycles. The van der Waals surface area contributed by atoms with E-state index in [1.807, 2.05) is 12.1 Å². The van der Waals surface area contributed by atoms with Gasteiger partial charge in [-0.25, -0.2) is 0 Å². The Labute approximate surface area is 251 Å². The Hall–Kier alpha value is -5.38. The molecule has 2 heterocycles. The Kier molecular flexibility index (Phi) is 6.19. The van der Waals surface area contributed by atoms with Crippen LogP contribution in [0.2, 0.25) is 0 Å². The number of benzene rings is 5. The molecule has 224 valence electrons. The third kappa shape index (κ3) is 4.39. The molecule has 0 aliphatic carbocycles. The first-order valence-corrected chi connectivity index (χ1v) is 13.7. The molecule has 0 spiro atoms. The Bertz CT molecular complexity index is 2060. The first-order chi connectivity index (χ1) is 21.4. The molecule has 1 aliphatic heterocycles. The van der Waals surface area contributed by atoms with E-state index in [-0.39, 0.29) is 11.1 Å². The molecule has 7 rings (SSSR count). The third-order valence-corrected chi connectivity index (χ3v) is 8.19. The molecule has 6 aromatic rings. The zero-order valence-electron chi connectivity index (χ0n) is 23.3. The van der Waals surface area contributed by atoms with Crippen LogP contribution in [0.4, 0.5) is 26.3 Å². The van der Waals surface area contributed by atoms with E-state index in [0.29, 0.717) is 49.7 Å². The van der Waals surface area contributed by atoms with Gasteiger partial charge in [0.25, 0.3) is 11.8 Å². The summed E-state index contributed by atoms with van der Waals surface area (Å²) in [7, 11) is 1.38. The van der Waals surface area contributed by atoms with Crippen molar-refractivity contribution in [2.45, 2.75) is 12.4 Å². The van der Waals surface area contributed by atoms with Gasteiger partial charge in [0.05, 0.1) is 39.0 Å².